The van der Waals surface area contributed by atoms with Crippen molar-refractivity contribution in [1.29, 1.82) is 0 Å². The number of ether oxygens (including phenoxy) is 2. The highest BCUT2D eigenvalue weighted by Crippen LogP contribution is 2.28. The Morgan fingerprint density at radius 3 is 2.53 bits per heavy atom. The number of hydrogen-bond acceptors (Lipinski definition) is 6. The van der Waals surface area contributed by atoms with Gasteiger partial charge in [-0.15, -0.1) is 0 Å². The summed E-state index contributed by atoms with van der Waals surface area (Å²) < 4.78 is 12.3. The molecule has 2 saturated heterocycles. The van der Waals surface area contributed by atoms with E-state index in [1.165, 1.54) is 11.3 Å². The van der Waals surface area contributed by atoms with Crippen LogP contribution in [-0.2, 0) is 16.0 Å². The van der Waals surface area contributed by atoms with Crippen molar-refractivity contribution in [2.45, 2.75) is 30.8 Å². The van der Waals surface area contributed by atoms with Gasteiger partial charge in [-0.1, -0.05) is 42.5 Å². The number of rotatable bonds is 7. The van der Waals surface area contributed by atoms with Crippen LogP contribution in [0.1, 0.15) is 5.56 Å². The second-order valence-electron chi connectivity index (χ2n) is 8.64. The molecular weight excluding hydrogens is 402 g/mol. The molecule has 0 radical (unpaired) electrons. The number of aromatic nitrogens is 2. The topological polar surface area (TPSA) is 76.1 Å². The fraction of sp³-hybridized carbons (Fsp3) is 0.360. The van der Waals surface area contributed by atoms with Crippen molar-refractivity contribution in [2.24, 2.45) is 0 Å². The van der Waals surface area contributed by atoms with Crippen LogP contribution in [-0.4, -0.2) is 61.6 Å². The Hall–Kier alpha value is -3.00. The summed E-state index contributed by atoms with van der Waals surface area (Å²) in [6.45, 7) is 2.19. The third-order valence-electron chi connectivity index (χ3n) is 6.24. The molecule has 2 aliphatic rings. The maximum atomic E-state index is 6.15. The molecular formula is C25H30N5O2+. The van der Waals surface area contributed by atoms with Crippen LogP contribution in [0.3, 0.4) is 0 Å². The van der Waals surface area contributed by atoms with E-state index in [4.69, 9.17) is 14.5 Å². The zero-order valence-electron chi connectivity index (χ0n) is 18.5. The van der Waals surface area contributed by atoms with Crippen molar-refractivity contribution in [3.05, 3.63) is 72.4 Å². The number of nitrogens with zero attached hydrogens (tertiary/aromatic N) is 3. The van der Waals surface area contributed by atoms with Crippen LogP contribution in [0, 0.1) is 0 Å². The normalized spacial score (nSPS) is 24.3. The van der Waals surface area contributed by atoms with Gasteiger partial charge < -0.3 is 25.0 Å². The van der Waals surface area contributed by atoms with Gasteiger partial charge >= 0.3 is 0 Å². The molecule has 0 amide bonds. The van der Waals surface area contributed by atoms with Gasteiger partial charge in [0.2, 0.25) is 5.95 Å². The van der Waals surface area contributed by atoms with E-state index in [9.17, 15) is 0 Å². The molecule has 166 valence electrons. The van der Waals surface area contributed by atoms with Crippen LogP contribution in [0.5, 0.6) is 0 Å². The zero-order chi connectivity index (χ0) is 21.9. The average molecular weight is 433 g/mol. The predicted molar refractivity (Wildman–Crippen MR) is 125 cm³/mol. The molecule has 0 unspecified atom stereocenters. The summed E-state index contributed by atoms with van der Waals surface area (Å²) in [5.74, 6) is 0.609. The molecule has 2 fully saturated rings. The summed E-state index contributed by atoms with van der Waals surface area (Å²) in [5, 5.41) is 5.78. The Morgan fingerprint density at radius 2 is 1.75 bits per heavy atom. The maximum Gasteiger partial charge on any atom is 0.223 e. The number of nitrogens with two attached hydrogens (primary N) is 1. The minimum atomic E-state index is 0.0105. The SMILES string of the molecule is CN(C)c1ccc(C[NH2+][C@H]2CO[C@H]3[C@@H]2OC[C@@H]3Nc2nccc(-c3ccccc3)n2)cc1. The first-order chi connectivity index (χ1) is 15.7. The maximum absolute atomic E-state index is 6.15. The first kappa shape index (κ1) is 20.9. The summed E-state index contributed by atoms with van der Waals surface area (Å²) in [5.41, 5.74) is 4.49. The van der Waals surface area contributed by atoms with Gasteiger partial charge in [0.05, 0.1) is 18.3 Å². The van der Waals surface area contributed by atoms with Crippen molar-refractivity contribution in [3.63, 3.8) is 0 Å². The number of nitrogens with one attached hydrogen (secondary N) is 1. The van der Waals surface area contributed by atoms with Crippen molar-refractivity contribution in [1.82, 2.24) is 9.97 Å². The summed E-state index contributed by atoms with van der Waals surface area (Å²) in [6.07, 6.45) is 1.88. The molecule has 3 aromatic rings. The van der Waals surface area contributed by atoms with Crippen molar-refractivity contribution < 1.29 is 14.8 Å². The minimum Gasteiger partial charge on any atom is -0.378 e. The quantitative estimate of drug-likeness (QED) is 0.594. The van der Waals surface area contributed by atoms with Gasteiger partial charge in [0.15, 0.2) is 0 Å². The molecule has 3 N–H and O–H groups in total. The Balaban J connectivity index is 1.18. The van der Waals surface area contributed by atoms with Gasteiger partial charge in [0.25, 0.3) is 0 Å². The largest absolute Gasteiger partial charge is 0.378 e. The van der Waals surface area contributed by atoms with Crippen molar-refractivity contribution in [3.8, 4) is 11.3 Å². The third kappa shape index (κ3) is 4.46. The van der Waals surface area contributed by atoms with Gasteiger partial charge in [-0.3, -0.25) is 0 Å². The standard InChI is InChI=1S/C25H29N5O2/c1-30(2)19-10-8-17(9-11-19)14-27-21-15-31-24-22(16-32-23(21)24)29-25-26-13-12-20(28-25)18-6-4-3-5-7-18/h3-13,21-24,27H,14-16H2,1-2H3,(H,26,28,29)/p+1/t21-,22-,23+,24+/m0/s1. The smallest absolute Gasteiger partial charge is 0.223 e. The number of quaternary nitrogens is 1. The Morgan fingerprint density at radius 1 is 0.969 bits per heavy atom. The summed E-state index contributed by atoms with van der Waals surface area (Å²) in [7, 11) is 4.12. The van der Waals surface area contributed by atoms with E-state index < -0.39 is 0 Å². The van der Waals surface area contributed by atoms with E-state index in [-0.39, 0.29) is 24.3 Å². The van der Waals surface area contributed by atoms with Gasteiger partial charge in [0.1, 0.15) is 31.4 Å². The Kier molecular flexibility index (Phi) is 6.03. The lowest BCUT2D eigenvalue weighted by Gasteiger charge is -2.17. The summed E-state index contributed by atoms with van der Waals surface area (Å²) in [4.78, 5) is 11.2. The molecule has 0 spiro atoms. The van der Waals surface area contributed by atoms with E-state index in [0.29, 0.717) is 19.2 Å². The number of anilines is 2. The molecule has 0 saturated carbocycles. The lowest BCUT2D eigenvalue weighted by Crippen LogP contribution is -2.91. The first-order valence-corrected chi connectivity index (χ1v) is 11.2. The van der Waals surface area contributed by atoms with Crippen LogP contribution in [0.2, 0.25) is 0 Å². The number of benzene rings is 2. The van der Waals surface area contributed by atoms with Crippen LogP contribution >= 0.6 is 0 Å². The average Bonchev–Trinajstić information content (AvgIpc) is 3.42. The van der Waals surface area contributed by atoms with Crippen molar-refractivity contribution in [2.75, 3.05) is 37.5 Å². The van der Waals surface area contributed by atoms with Crippen molar-refractivity contribution >= 4 is 11.6 Å². The monoisotopic (exact) mass is 432 g/mol. The molecule has 2 aliphatic heterocycles. The molecule has 0 bridgehead atoms. The van der Waals surface area contributed by atoms with Crippen LogP contribution in [0.25, 0.3) is 11.3 Å². The molecule has 3 heterocycles. The highest BCUT2D eigenvalue weighted by molar-refractivity contribution is 5.59. The highest BCUT2D eigenvalue weighted by atomic mass is 16.6. The fourth-order valence-electron chi connectivity index (χ4n) is 4.44. The third-order valence-corrected chi connectivity index (χ3v) is 6.24. The van der Waals surface area contributed by atoms with E-state index in [1.54, 1.807) is 6.20 Å². The lowest BCUT2D eigenvalue weighted by molar-refractivity contribution is -0.707. The number of fused-ring (bicyclic) bond motifs is 1. The molecule has 2 aromatic carbocycles. The van der Waals surface area contributed by atoms with Crippen LogP contribution in [0.4, 0.5) is 11.6 Å². The second kappa shape index (κ2) is 9.24. The Bertz CT molecular complexity index is 1030. The van der Waals surface area contributed by atoms with Gasteiger partial charge in [-0.2, -0.15) is 0 Å². The zero-order valence-corrected chi connectivity index (χ0v) is 18.5. The van der Waals surface area contributed by atoms with E-state index in [2.05, 4.69) is 71.0 Å². The molecule has 32 heavy (non-hydrogen) atoms. The molecule has 7 heteroatoms. The minimum absolute atomic E-state index is 0.0105. The molecule has 4 atom stereocenters. The van der Waals surface area contributed by atoms with Gasteiger partial charge in [-0.05, 0) is 18.2 Å². The first-order valence-electron chi connectivity index (χ1n) is 11.2. The highest BCUT2D eigenvalue weighted by Gasteiger charge is 2.49. The lowest BCUT2D eigenvalue weighted by atomic mass is 10.1. The van der Waals surface area contributed by atoms with Crippen LogP contribution in [0.15, 0.2) is 66.9 Å². The van der Waals surface area contributed by atoms with Gasteiger partial charge in [0, 0.05) is 37.1 Å². The predicted octanol–water partition coefficient (Wildman–Crippen LogP) is 1.92. The van der Waals surface area contributed by atoms with E-state index >= 15 is 0 Å². The molecule has 7 nitrogen and oxygen atoms in total. The second-order valence-corrected chi connectivity index (χ2v) is 8.64. The number of hydrogen-bond donors (Lipinski definition) is 2. The summed E-state index contributed by atoms with van der Waals surface area (Å²) in [6, 6.07) is 21.1. The molecule has 5 rings (SSSR count). The van der Waals surface area contributed by atoms with Gasteiger partial charge in [-0.25, -0.2) is 9.97 Å². The summed E-state index contributed by atoms with van der Waals surface area (Å²) >= 11 is 0. The molecule has 0 aliphatic carbocycles. The fourth-order valence-corrected chi connectivity index (χ4v) is 4.44. The van der Waals surface area contributed by atoms with Crippen LogP contribution < -0.4 is 15.5 Å². The molecule has 1 aromatic heterocycles. The van der Waals surface area contributed by atoms with E-state index in [1.807, 2.05) is 24.3 Å². The van der Waals surface area contributed by atoms with E-state index in [0.717, 1.165) is 17.8 Å². The Labute approximate surface area is 188 Å².